The lowest BCUT2D eigenvalue weighted by molar-refractivity contribution is -0.118. The van der Waals surface area contributed by atoms with Crippen molar-refractivity contribution in [2.24, 2.45) is 5.10 Å². The number of amides is 1. The van der Waals surface area contributed by atoms with Gasteiger partial charge in [-0.25, -0.2) is 5.43 Å². The van der Waals surface area contributed by atoms with Crippen LogP contribution in [0, 0.1) is 0 Å². The first-order chi connectivity index (χ1) is 9.74. The standard InChI is InChI=1S/C14H13ClN2O2S/c15-12-4-1-3-11(7-12)9-20-10-14(18)17-16-8-13-5-2-6-19-13/h1-8H,9-10H2,(H,17,18)/b16-8-. The molecule has 0 saturated heterocycles. The zero-order valence-electron chi connectivity index (χ0n) is 10.6. The molecule has 0 radical (unpaired) electrons. The molecule has 1 amide bonds. The summed E-state index contributed by atoms with van der Waals surface area (Å²) in [5, 5.41) is 4.51. The molecule has 0 spiro atoms. The summed E-state index contributed by atoms with van der Waals surface area (Å²) in [6.45, 7) is 0. The normalized spacial score (nSPS) is 10.8. The molecule has 0 aliphatic rings. The molecule has 4 nitrogen and oxygen atoms in total. The van der Waals surface area contributed by atoms with Crippen LogP contribution in [-0.4, -0.2) is 17.9 Å². The number of nitrogens with one attached hydrogen (secondary N) is 1. The molecule has 6 heteroatoms. The third kappa shape index (κ3) is 5.11. The molecule has 2 aromatic rings. The van der Waals surface area contributed by atoms with E-state index in [4.69, 9.17) is 16.0 Å². The number of halogens is 1. The Morgan fingerprint density at radius 1 is 1.40 bits per heavy atom. The van der Waals surface area contributed by atoms with Crippen LogP contribution in [0.2, 0.25) is 5.02 Å². The first-order valence-electron chi connectivity index (χ1n) is 5.91. The molecule has 104 valence electrons. The summed E-state index contributed by atoms with van der Waals surface area (Å²) in [7, 11) is 0. The van der Waals surface area contributed by atoms with Crippen molar-refractivity contribution in [3.8, 4) is 0 Å². The minimum Gasteiger partial charge on any atom is -0.463 e. The Labute approximate surface area is 126 Å². The molecular formula is C14H13ClN2O2S. The van der Waals surface area contributed by atoms with E-state index < -0.39 is 0 Å². The maximum absolute atomic E-state index is 11.5. The average Bonchev–Trinajstić information content (AvgIpc) is 2.92. The topological polar surface area (TPSA) is 54.6 Å². The van der Waals surface area contributed by atoms with Crippen LogP contribution in [0.4, 0.5) is 0 Å². The molecule has 0 saturated carbocycles. The van der Waals surface area contributed by atoms with Crippen molar-refractivity contribution in [3.05, 3.63) is 59.0 Å². The van der Waals surface area contributed by atoms with Gasteiger partial charge in [0, 0.05) is 10.8 Å². The molecule has 0 aliphatic heterocycles. The number of carbonyl (C=O) groups excluding carboxylic acids is 1. The van der Waals surface area contributed by atoms with Gasteiger partial charge in [0.05, 0.1) is 18.2 Å². The van der Waals surface area contributed by atoms with Gasteiger partial charge >= 0.3 is 0 Å². The highest BCUT2D eigenvalue weighted by Crippen LogP contribution is 2.16. The van der Waals surface area contributed by atoms with Gasteiger partial charge in [0.25, 0.3) is 0 Å². The second kappa shape index (κ2) is 7.77. The van der Waals surface area contributed by atoms with Crippen LogP contribution < -0.4 is 5.43 Å². The van der Waals surface area contributed by atoms with Gasteiger partial charge in [-0.2, -0.15) is 5.10 Å². The van der Waals surface area contributed by atoms with E-state index in [1.807, 2.05) is 24.3 Å². The number of hydrogen-bond donors (Lipinski definition) is 1. The van der Waals surface area contributed by atoms with Gasteiger partial charge in [0.2, 0.25) is 5.91 Å². The van der Waals surface area contributed by atoms with Gasteiger partial charge in [-0.05, 0) is 29.8 Å². The molecule has 0 aliphatic carbocycles. The fraction of sp³-hybridized carbons (Fsp3) is 0.143. The molecule has 1 aromatic heterocycles. The molecule has 2 rings (SSSR count). The lowest BCUT2D eigenvalue weighted by Crippen LogP contribution is -2.19. The van der Waals surface area contributed by atoms with Crippen LogP contribution in [0.25, 0.3) is 0 Å². The molecule has 0 bridgehead atoms. The maximum atomic E-state index is 11.5. The minimum atomic E-state index is -0.153. The molecule has 1 N–H and O–H groups in total. The van der Waals surface area contributed by atoms with E-state index in [2.05, 4.69) is 10.5 Å². The first-order valence-corrected chi connectivity index (χ1v) is 7.45. The quantitative estimate of drug-likeness (QED) is 0.658. The van der Waals surface area contributed by atoms with Crippen LogP contribution in [0.3, 0.4) is 0 Å². The van der Waals surface area contributed by atoms with E-state index in [-0.39, 0.29) is 5.91 Å². The third-order valence-electron chi connectivity index (χ3n) is 2.32. The molecule has 0 fully saturated rings. The fourth-order valence-corrected chi connectivity index (χ4v) is 2.43. The third-order valence-corrected chi connectivity index (χ3v) is 3.55. The molecule has 0 unspecified atom stereocenters. The SMILES string of the molecule is O=C(CSCc1cccc(Cl)c1)N/N=C\c1ccco1. The van der Waals surface area contributed by atoms with Gasteiger partial charge in [0.15, 0.2) is 0 Å². The van der Waals surface area contributed by atoms with Gasteiger partial charge in [-0.1, -0.05) is 23.7 Å². The van der Waals surface area contributed by atoms with E-state index in [1.165, 1.54) is 18.0 Å². The Morgan fingerprint density at radius 3 is 3.05 bits per heavy atom. The van der Waals surface area contributed by atoms with E-state index >= 15 is 0 Å². The highest BCUT2D eigenvalue weighted by molar-refractivity contribution is 7.99. The summed E-state index contributed by atoms with van der Waals surface area (Å²) in [6, 6.07) is 11.1. The highest BCUT2D eigenvalue weighted by atomic mass is 35.5. The second-order valence-electron chi connectivity index (χ2n) is 3.93. The summed E-state index contributed by atoms with van der Waals surface area (Å²) in [5.41, 5.74) is 3.53. The Balaban J connectivity index is 1.68. The molecule has 1 aromatic carbocycles. The van der Waals surface area contributed by atoms with Crippen LogP contribution in [0.15, 0.2) is 52.2 Å². The van der Waals surface area contributed by atoms with Crippen molar-refractivity contribution in [2.45, 2.75) is 5.75 Å². The molecule has 1 heterocycles. The van der Waals surface area contributed by atoms with Gasteiger partial charge in [-0.3, -0.25) is 4.79 Å². The number of carbonyl (C=O) groups is 1. The number of hydrogen-bond acceptors (Lipinski definition) is 4. The number of nitrogens with zero attached hydrogens (tertiary/aromatic N) is 1. The van der Waals surface area contributed by atoms with E-state index in [0.29, 0.717) is 16.5 Å². The fourth-order valence-electron chi connectivity index (χ4n) is 1.45. The molecule has 20 heavy (non-hydrogen) atoms. The Bertz CT molecular complexity index is 585. The summed E-state index contributed by atoms with van der Waals surface area (Å²) in [5.74, 6) is 1.51. The largest absolute Gasteiger partial charge is 0.463 e. The van der Waals surface area contributed by atoms with Crippen molar-refractivity contribution >= 4 is 35.5 Å². The summed E-state index contributed by atoms with van der Waals surface area (Å²) < 4.78 is 5.05. The van der Waals surface area contributed by atoms with Crippen molar-refractivity contribution in [1.82, 2.24) is 5.43 Å². The van der Waals surface area contributed by atoms with Crippen molar-refractivity contribution in [2.75, 3.05) is 5.75 Å². The van der Waals surface area contributed by atoms with Crippen LogP contribution in [-0.2, 0) is 10.5 Å². The number of furan rings is 1. The first kappa shape index (κ1) is 14.7. The Kier molecular flexibility index (Phi) is 5.70. The number of rotatable bonds is 6. The number of benzene rings is 1. The number of thioether (sulfide) groups is 1. The molecular weight excluding hydrogens is 296 g/mol. The van der Waals surface area contributed by atoms with Crippen molar-refractivity contribution in [1.29, 1.82) is 0 Å². The highest BCUT2D eigenvalue weighted by Gasteiger charge is 2.01. The lowest BCUT2D eigenvalue weighted by atomic mass is 10.2. The second-order valence-corrected chi connectivity index (χ2v) is 5.35. The predicted octanol–water partition coefficient (Wildman–Crippen LogP) is 3.32. The van der Waals surface area contributed by atoms with Gasteiger partial charge < -0.3 is 4.42 Å². The average molecular weight is 309 g/mol. The van der Waals surface area contributed by atoms with E-state index in [0.717, 1.165) is 11.3 Å². The monoisotopic (exact) mass is 308 g/mol. The zero-order chi connectivity index (χ0) is 14.2. The Hall–Kier alpha value is -1.72. The Morgan fingerprint density at radius 2 is 2.30 bits per heavy atom. The van der Waals surface area contributed by atoms with Crippen molar-refractivity contribution in [3.63, 3.8) is 0 Å². The maximum Gasteiger partial charge on any atom is 0.250 e. The molecule has 0 atom stereocenters. The van der Waals surface area contributed by atoms with E-state index in [9.17, 15) is 4.79 Å². The zero-order valence-corrected chi connectivity index (χ0v) is 12.2. The summed E-state index contributed by atoms with van der Waals surface area (Å²) in [4.78, 5) is 11.5. The van der Waals surface area contributed by atoms with Gasteiger partial charge in [-0.15, -0.1) is 11.8 Å². The predicted molar refractivity (Wildman–Crippen MR) is 82.1 cm³/mol. The van der Waals surface area contributed by atoms with Crippen LogP contribution in [0.1, 0.15) is 11.3 Å². The summed E-state index contributed by atoms with van der Waals surface area (Å²) >= 11 is 7.39. The van der Waals surface area contributed by atoms with E-state index in [1.54, 1.807) is 18.4 Å². The minimum absolute atomic E-state index is 0.153. The lowest BCUT2D eigenvalue weighted by Gasteiger charge is -2.01. The number of hydrazone groups is 1. The van der Waals surface area contributed by atoms with Crippen LogP contribution in [0.5, 0.6) is 0 Å². The summed E-state index contributed by atoms with van der Waals surface area (Å²) in [6.07, 6.45) is 3.00. The smallest absolute Gasteiger partial charge is 0.250 e. The van der Waals surface area contributed by atoms with Crippen LogP contribution >= 0.6 is 23.4 Å². The van der Waals surface area contributed by atoms with Gasteiger partial charge in [0.1, 0.15) is 5.76 Å². The van der Waals surface area contributed by atoms with Crippen molar-refractivity contribution < 1.29 is 9.21 Å².